The first kappa shape index (κ1) is 50.2. The molecule has 0 aromatic heterocycles. The van der Waals surface area contributed by atoms with Gasteiger partial charge in [0.15, 0.2) is 0 Å². The number of hydrogen-bond acceptors (Lipinski definition) is 3. The lowest BCUT2D eigenvalue weighted by Crippen LogP contribution is -2.62. The van der Waals surface area contributed by atoms with Crippen molar-refractivity contribution >= 4 is 68.6 Å². The Kier molecular flexibility index (Phi) is 11.4. The summed E-state index contributed by atoms with van der Waals surface area (Å²) in [5.41, 5.74) is 23.3. The lowest BCUT2D eigenvalue weighted by molar-refractivity contribution is 0.0786. The van der Waals surface area contributed by atoms with Crippen LogP contribution in [0.2, 0.25) is 0 Å². The molecule has 4 heteroatoms. The van der Waals surface area contributed by atoms with Crippen LogP contribution in [0, 0.1) is 11.3 Å². The molecule has 3 nitrogen and oxygen atoms in total. The Bertz CT molecular complexity index is 3330. The Hall–Kier alpha value is -6.00. The van der Waals surface area contributed by atoms with Crippen molar-refractivity contribution in [3.05, 3.63) is 173 Å². The molecule has 1 fully saturated rings. The van der Waals surface area contributed by atoms with E-state index in [0.717, 1.165) is 12.8 Å². The van der Waals surface area contributed by atoms with Gasteiger partial charge in [0.25, 0.3) is 6.71 Å². The van der Waals surface area contributed by atoms with Crippen LogP contribution in [0.3, 0.4) is 0 Å². The highest BCUT2D eigenvalue weighted by Gasteiger charge is 2.61. The average Bonchev–Trinajstić information content (AvgIpc) is 3.54. The molecule has 11 rings (SSSR count). The molecule has 7 aromatic carbocycles. The number of anilines is 8. The summed E-state index contributed by atoms with van der Waals surface area (Å²) in [5, 5.41) is 0. The third-order valence-corrected chi connectivity index (χ3v) is 18.5. The van der Waals surface area contributed by atoms with Crippen LogP contribution in [0.25, 0.3) is 11.1 Å². The van der Waals surface area contributed by atoms with Gasteiger partial charge in [0.05, 0.1) is 11.2 Å². The predicted octanol–water partition coefficient (Wildman–Crippen LogP) is 17.6. The summed E-state index contributed by atoms with van der Waals surface area (Å²) in [6.45, 7) is 40.9. The molecule has 74 heavy (non-hydrogen) atoms. The smallest absolute Gasteiger partial charge is 0.252 e. The van der Waals surface area contributed by atoms with Gasteiger partial charge in [-0.05, 0) is 164 Å². The van der Waals surface area contributed by atoms with Crippen LogP contribution in [0.15, 0.2) is 146 Å². The van der Waals surface area contributed by atoms with Crippen LogP contribution in [0.1, 0.15) is 165 Å². The standard InChI is InChI=1S/C70H82BN3/c1-64(2,3)46-27-32-51(33-28-46)72-60-36-31-49(67(10,11)12)41-56(60)71-55-25-21-22-26-59(55)73(57-34-29-47(65(4,5)6)39-53(57)45-23-19-18-20-24-45)62-43-52(42-61(72)63(62)71)74-58-35-30-48(66(7,8)9)40-54(58)69(16)44-50(68(13,14)15)37-38-70(69,74)17/h18-36,39-43,50H,37-38,44H2,1-17H3. The minimum absolute atomic E-state index is 0.00112. The van der Waals surface area contributed by atoms with Gasteiger partial charge in [0.1, 0.15) is 0 Å². The molecule has 0 N–H and O–H groups in total. The summed E-state index contributed by atoms with van der Waals surface area (Å²) in [6, 6.07) is 57.5. The molecule has 1 aliphatic carbocycles. The molecule has 0 amide bonds. The number of nitrogens with zero attached hydrogens (tertiary/aromatic N) is 3. The number of para-hydroxylation sites is 1. The fraction of sp³-hybridized carbons (Fsp3) is 0.400. The highest BCUT2D eigenvalue weighted by atomic mass is 15.3. The van der Waals surface area contributed by atoms with Gasteiger partial charge in [-0.1, -0.05) is 202 Å². The van der Waals surface area contributed by atoms with Crippen molar-refractivity contribution in [3.8, 4) is 11.1 Å². The molecule has 0 bridgehead atoms. The first-order valence-corrected chi connectivity index (χ1v) is 27.9. The zero-order valence-electron chi connectivity index (χ0n) is 48.0. The third kappa shape index (κ3) is 7.89. The summed E-state index contributed by atoms with van der Waals surface area (Å²) in [7, 11) is 0. The highest BCUT2D eigenvalue weighted by molar-refractivity contribution is 7.00. The molecule has 7 aromatic rings. The molecule has 3 heterocycles. The molecule has 3 unspecified atom stereocenters. The van der Waals surface area contributed by atoms with Crippen molar-refractivity contribution in [2.45, 2.75) is 170 Å². The van der Waals surface area contributed by atoms with Crippen molar-refractivity contribution in [3.63, 3.8) is 0 Å². The van der Waals surface area contributed by atoms with Gasteiger partial charge >= 0.3 is 0 Å². The second kappa shape index (κ2) is 16.8. The monoisotopic (exact) mass is 976 g/mol. The van der Waals surface area contributed by atoms with Gasteiger partial charge in [0, 0.05) is 50.8 Å². The second-order valence-corrected chi connectivity index (χ2v) is 28.5. The largest absolute Gasteiger partial charge is 0.334 e. The molecule has 3 atom stereocenters. The summed E-state index contributed by atoms with van der Waals surface area (Å²) in [6.07, 6.45) is 3.46. The summed E-state index contributed by atoms with van der Waals surface area (Å²) >= 11 is 0. The third-order valence-electron chi connectivity index (χ3n) is 18.5. The SMILES string of the molecule is CC(C)(C)c1ccc(N2c3ccc(C(C)(C)C)cc3B3c4ccccc4N(c4ccc(C(C)(C)C)cc4-c4ccccc4)c4cc(N5c6ccc(C(C)(C)C)cc6C6(C)CC(C(C)(C)C)CCC56C)cc2c43)cc1. The van der Waals surface area contributed by atoms with Crippen molar-refractivity contribution in [2.24, 2.45) is 11.3 Å². The molecular weight excluding hydrogens is 894 g/mol. The Balaban J connectivity index is 1.27. The minimum Gasteiger partial charge on any atom is -0.334 e. The van der Waals surface area contributed by atoms with Crippen LogP contribution in [-0.2, 0) is 27.1 Å². The zero-order chi connectivity index (χ0) is 52.9. The second-order valence-electron chi connectivity index (χ2n) is 28.5. The van der Waals surface area contributed by atoms with Crippen LogP contribution in [0.5, 0.6) is 0 Å². The fourth-order valence-corrected chi connectivity index (χ4v) is 13.6. The van der Waals surface area contributed by atoms with E-state index in [1.807, 2.05) is 0 Å². The van der Waals surface area contributed by atoms with E-state index in [9.17, 15) is 0 Å². The normalized spacial score (nSPS) is 20.5. The van der Waals surface area contributed by atoms with E-state index in [0.29, 0.717) is 5.92 Å². The summed E-state index contributed by atoms with van der Waals surface area (Å²) < 4.78 is 0. The molecule has 380 valence electrons. The van der Waals surface area contributed by atoms with Crippen molar-refractivity contribution in [2.75, 3.05) is 14.7 Å². The van der Waals surface area contributed by atoms with E-state index in [-0.39, 0.29) is 44.7 Å². The van der Waals surface area contributed by atoms with Gasteiger partial charge in [-0.15, -0.1) is 0 Å². The molecular formula is C70H82BN3. The van der Waals surface area contributed by atoms with E-state index in [1.54, 1.807) is 0 Å². The molecule has 4 aliphatic rings. The molecule has 0 radical (unpaired) electrons. The molecule has 0 spiro atoms. The molecule has 3 aliphatic heterocycles. The van der Waals surface area contributed by atoms with Crippen LogP contribution in [-0.4, -0.2) is 12.3 Å². The maximum atomic E-state index is 2.85. The Morgan fingerprint density at radius 2 is 0.959 bits per heavy atom. The molecule has 1 saturated carbocycles. The number of hydrogen-bond donors (Lipinski definition) is 0. The summed E-state index contributed by atoms with van der Waals surface area (Å²) in [4.78, 5) is 8.15. The minimum atomic E-state index is -0.192. The number of rotatable bonds is 4. The fourth-order valence-electron chi connectivity index (χ4n) is 13.6. The van der Waals surface area contributed by atoms with Crippen molar-refractivity contribution in [1.82, 2.24) is 0 Å². The number of benzene rings is 7. The Labute approximate surface area is 446 Å². The maximum Gasteiger partial charge on any atom is 0.252 e. The van der Waals surface area contributed by atoms with Crippen molar-refractivity contribution in [1.29, 1.82) is 0 Å². The Morgan fingerprint density at radius 1 is 0.446 bits per heavy atom. The Morgan fingerprint density at radius 3 is 1.57 bits per heavy atom. The van der Waals surface area contributed by atoms with Crippen molar-refractivity contribution < 1.29 is 0 Å². The van der Waals surface area contributed by atoms with Gasteiger partial charge in [-0.3, -0.25) is 0 Å². The lowest BCUT2D eigenvalue weighted by Gasteiger charge is -2.55. The van der Waals surface area contributed by atoms with Crippen LogP contribution < -0.4 is 31.1 Å². The topological polar surface area (TPSA) is 9.72 Å². The van der Waals surface area contributed by atoms with Gasteiger partial charge < -0.3 is 14.7 Å². The highest BCUT2D eigenvalue weighted by Crippen LogP contribution is 2.64. The first-order chi connectivity index (χ1) is 34.6. The quantitative estimate of drug-likeness (QED) is 0.163. The first-order valence-electron chi connectivity index (χ1n) is 27.9. The van der Waals surface area contributed by atoms with E-state index in [1.165, 1.54) is 107 Å². The van der Waals surface area contributed by atoms with E-state index in [4.69, 9.17) is 0 Å². The zero-order valence-corrected chi connectivity index (χ0v) is 48.0. The maximum absolute atomic E-state index is 2.85. The average molecular weight is 976 g/mol. The van der Waals surface area contributed by atoms with Gasteiger partial charge in [-0.25, -0.2) is 0 Å². The van der Waals surface area contributed by atoms with E-state index >= 15 is 0 Å². The van der Waals surface area contributed by atoms with E-state index in [2.05, 4.69) is 278 Å². The summed E-state index contributed by atoms with van der Waals surface area (Å²) in [5.74, 6) is 0.609. The van der Waals surface area contributed by atoms with Gasteiger partial charge in [0.2, 0.25) is 0 Å². The van der Waals surface area contributed by atoms with Crippen LogP contribution >= 0.6 is 0 Å². The van der Waals surface area contributed by atoms with Crippen LogP contribution in [0.4, 0.5) is 45.5 Å². The molecule has 0 saturated heterocycles. The predicted molar refractivity (Wildman–Crippen MR) is 322 cm³/mol. The lowest BCUT2D eigenvalue weighted by atomic mass is 9.33. The number of fused-ring (bicyclic) bond motifs is 7. The van der Waals surface area contributed by atoms with E-state index < -0.39 is 0 Å². The van der Waals surface area contributed by atoms with Gasteiger partial charge in [-0.2, -0.15) is 0 Å².